The van der Waals surface area contributed by atoms with Crippen LogP contribution in [0.2, 0.25) is 0 Å². The topological polar surface area (TPSA) is 29.5 Å². The Balaban J connectivity index is 0.991. The van der Waals surface area contributed by atoms with E-state index in [0.717, 1.165) is 105 Å². The minimum Gasteiger partial charge on any atom is -0.455 e. The van der Waals surface area contributed by atoms with Crippen LogP contribution in [-0.2, 0) is 0 Å². The van der Waals surface area contributed by atoms with Gasteiger partial charge in [0.1, 0.15) is 22.3 Å². The molecule has 0 saturated heterocycles. The third-order valence-electron chi connectivity index (χ3n) is 13.0. The van der Waals surface area contributed by atoms with Crippen molar-refractivity contribution in [3.63, 3.8) is 0 Å². The number of rotatable bonds is 7. The second-order valence-corrected chi connectivity index (χ2v) is 16.9. The fourth-order valence-electron chi connectivity index (χ4n) is 9.79. The molecule has 3 heteroatoms. The summed E-state index contributed by atoms with van der Waals surface area (Å²) in [6.07, 6.45) is 0. The largest absolute Gasteiger partial charge is 0.455 e. The van der Waals surface area contributed by atoms with Gasteiger partial charge in [-0.25, -0.2) is 0 Å². The molecule has 3 nitrogen and oxygen atoms in total. The fourth-order valence-corrected chi connectivity index (χ4v) is 9.79. The standard InChI is InChI=1S/C62H39NO2/c1-3-13-44-35-46(25-23-40(44)11-1)48-37-49(47-26-24-41-12-2-4-14-45(41)36-47)39-52(38-48)63(50-31-27-42(28-32-50)53-17-9-19-57-55-15-5-7-21-59(55)64-61(53)57)51-33-29-43(30-34-51)54-18-10-20-58-56-16-6-8-22-60(56)65-62(54)58/h1-39H. The molecule has 13 aromatic rings. The average molecular weight is 830 g/mol. The number of hydrogen-bond donors (Lipinski definition) is 0. The van der Waals surface area contributed by atoms with Gasteiger partial charge in [0.05, 0.1) is 0 Å². The van der Waals surface area contributed by atoms with Crippen LogP contribution >= 0.6 is 0 Å². The Morgan fingerprint density at radius 1 is 0.246 bits per heavy atom. The molecule has 2 aromatic heterocycles. The molecule has 0 unspecified atom stereocenters. The van der Waals surface area contributed by atoms with Gasteiger partial charge in [0.2, 0.25) is 0 Å². The first-order valence-corrected chi connectivity index (χ1v) is 22.1. The number of para-hydroxylation sites is 4. The van der Waals surface area contributed by atoms with Gasteiger partial charge in [0.25, 0.3) is 0 Å². The molecular formula is C62H39NO2. The predicted molar refractivity (Wildman–Crippen MR) is 272 cm³/mol. The third kappa shape index (κ3) is 6.36. The monoisotopic (exact) mass is 829 g/mol. The van der Waals surface area contributed by atoms with Gasteiger partial charge < -0.3 is 13.7 Å². The number of furan rings is 2. The van der Waals surface area contributed by atoms with Gasteiger partial charge in [0, 0.05) is 49.7 Å². The molecule has 0 aliphatic rings. The second-order valence-electron chi connectivity index (χ2n) is 16.9. The minimum atomic E-state index is 0.895. The van der Waals surface area contributed by atoms with E-state index in [4.69, 9.17) is 8.83 Å². The van der Waals surface area contributed by atoms with Crippen LogP contribution in [0.25, 0.3) is 110 Å². The lowest BCUT2D eigenvalue weighted by molar-refractivity contribution is 0.669. The summed E-state index contributed by atoms with van der Waals surface area (Å²) in [7, 11) is 0. The van der Waals surface area contributed by atoms with Crippen molar-refractivity contribution in [1.82, 2.24) is 0 Å². The van der Waals surface area contributed by atoms with Gasteiger partial charge in [-0.3, -0.25) is 0 Å². The van der Waals surface area contributed by atoms with Crippen molar-refractivity contribution >= 4 is 82.5 Å². The van der Waals surface area contributed by atoms with Crippen LogP contribution < -0.4 is 4.90 Å². The van der Waals surface area contributed by atoms with E-state index in [9.17, 15) is 0 Å². The summed E-state index contributed by atoms with van der Waals surface area (Å²) in [6, 6.07) is 85.0. The van der Waals surface area contributed by atoms with Gasteiger partial charge in [-0.2, -0.15) is 0 Å². The SMILES string of the molecule is c1ccc2cc(-c3cc(-c4ccc5ccccc5c4)cc(N(c4ccc(-c5cccc6c5oc5ccccc56)cc4)c4ccc(-c5cccc6c5oc5ccccc56)cc4)c3)ccc2c1. The zero-order chi connectivity index (χ0) is 42.8. The highest BCUT2D eigenvalue weighted by molar-refractivity contribution is 6.11. The van der Waals surface area contributed by atoms with Crippen LogP contribution in [0.15, 0.2) is 245 Å². The van der Waals surface area contributed by atoms with Crippen molar-refractivity contribution in [2.24, 2.45) is 0 Å². The van der Waals surface area contributed by atoms with Gasteiger partial charge in [-0.1, -0.05) is 170 Å². The summed E-state index contributed by atoms with van der Waals surface area (Å²) in [6.45, 7) is 0. The van der Waals surface area contributed by atoms with E-state index >= 15 is 0 Å². The van der Waals surface area contributed by atoms with Gasteiger partial charge in [0.15, 0.2) is 0 Å². The van der Waals surface area contributed by atoms with E-state index in [1.807, 2.05) is 24.3 Å². The molecule has 0 aliphatic carbocycles. The molecule has 0 spiro atoms. The molecule has 0 fully saturated rings. The Hall–Kier alpha value is -8.66. The molecule has 0 amide bonds. The first-order valence-electron chi connectivity index (χ1n) is 22.1. The van der Waals surface area contributed by atoms with Crippen LogP contribution in [0.1, 0.15) is 0 Å². The third-order valence-corrected chi connectivity index (χ3v) is 13.0. The lowest BCUT2D eigenvalue weighted by Gasteiger charge is -2.27. The van der Waals surface area contributed by atoms with Crippen LogP contribution in [-0.4, -0.2) is 0 Å². The highest BCUT2D eigenvalue weighted by Crippen LogP contribution is 2.44. The molecule has 11 aromatic carbocycles. The van der Waals surface area contributed by atoms with Crippen molar-refractivity contribution in [1.29, 1.82) is 0 Å². The van der Waals surface area contributed by atoms with Crippen molar-refractivity contribution in [3.05, 3.63) is 237 Å². The first-order chi connectivity index (χ1) is 32.2. The Kier molecular flexibility index (Phi) is 8.53. The summed E-state index contributed by atoms with van der Waals surface area (Å²) in [4.78, 5) is 2.38. The van der Waals surface area contributed by atoms with Gasteiger partial charge in [-0.05, 0) is 122 Å². The Morgan fingerprint density at radius 2 is 0.646 bits per heavy atom. The number of nitrogens with zero attached hydrogens (tertiary/aromatic N) is 1. The summed E-state index contributed by atoms with van der Waals surface area (Å²) in [5, 5.41) is 9.36. The van der Waals surface area contributed by atoms with Crippen molar-refractivity contribution in [2.45, 2.75) is 0 Å². The smallest absolute Gasteiger partial charge is 0.143 e. The molecule has 0 radical (unpaired) electrons. The van der Waals surface area contributed by atoms with Gasteiger partial charge in [-0.15, -0.1) is 0 Å². The van der Waals surface area contributed by atoms with Crippen molar-refractivity contribution < 1.29 is 8.83 Å². The molecule has 0 saturated carbocycles. The maximum absolute atomic E-state index is 6.49. The highest BCUT2D eigenvalue weighted by atomic mass is 16.3. The molecule has 13 rings (SSSR count). The number of fused-ring (bicyclic) bond motifs is 8. The number of hydrogen-bond acceptors (Lipinski definition) is 3. The maximum Gasteiger partial charge on any atom is 0.143 e. The zero-order valence-corrected chi connectivity index (χ0v) is 35.3. The Bertz CT molecular complexity index is 3690. The van der Waals surface area contributed by atoms with E-state index in [1.54, 1.807) is 0 Å². The quantitative estimate of drug-likeness (QED) is 0.160. The molecule has 2 heterocycles. The fraction of sp³-hybridized carbons (Fsp3) is 0. The first kappa shape index (κ1) is 36.9. The van der Waals surface area contributed by atoms with Crippen LogP contribution in [0, 0.1) is 0 Å². The van der Waals surface area contributed by atoms with E-state index in [2.05, 4.69) is 217 Å². The lowest BCUT2D eigenvalue weighted by atomic mass is 9.94. The summed E-state index contributed by atoms with van der Waals surface area (Å²) < 4.78 is 13.0. The normalized spacial score (nSPS) is 11.7. The molecule has 0 bridgehead atoms. The maximum atomic E-state index is 6.49. The van der Waals surface area contributed by atoms with E-state index in [0.29, 0.717) is 0 Å². The molecule has 65 heavy (non-hydrogen) atoms. The minimum absolute atomic E-state index is 0.895. The summed E-state index contributed by atoms with van der Waals surface area (Å²) in [5.41, 5.74) is 15.6. The predicted octanol–water partition coefficient (Wildman–Crippen LogP) is 17.9. The Labute approximate surface area is 375 Å². The average Bonchev–Trinajstić information content (AvgIpc) is 3.96. The molecule has 0 atom stereocenters. The second kappa shape index (κ2) is 15.0. The number of benzene rings is 11. The Morgan fingerprint density at radius 3 is 1.12 bits per heavy atom. The summed E-state index contributed by atoms with van der Waals surface area (Å²) in [5.74, 6) is 0. The molecular weight excluding hydrogens is 791 g/mol. The van der Waals surface area contributed by atoms with Crippen LogP contribution in [0.3, 0.4) is 0 Å². The van der Waals surface area contributed by atoms with Crippen LogP contribution in [0.5, 0.6) is 0 Å². The molecule has 0 aliphatic heterocycles. The lowest BCUT2D eigenvalue weighted by Crippen LogP contribution is -2.10. The number of anilines is 3. The molecule has 0 N–H and O–H groups in total. The zero-order valence-electron chi connectivity index (χ0n) is 35.3. The van der Waals surface area contributed by atoms with Crippen molar-refractivity contribution in [3.8, 4) is 44.5 Å². The van der Waals surface area contributed by atoms with Crippen LogP contribution in [0.4, 0.5) is 17.1 Å². The molecule has 304 valence electrons. The van der Waals surface area contributed by atoms with Crippen molar-refractivity contribution in [2.75, 3.05) is 4.90 Å². The van der Waals surface area contributed by atoms with E-state index < -0.39 is 0 Å². The van der Waals surface area contributed by atoms with E-state index in [-0.39, 0.29) is 0 Å². The highest BCUT2D eigenvalue weighted by Gasteiger charge is 2.19. The van der Waals surface area contributed by atoms with Gasteiger partial charge >= 0.3 is 0 Å². The van der Waals surface area contributed by atoms with E-state index in [1.165, 1.54) is 21.5 Å². The summed E-state index contributed by atoms with van der Waals surface area (Å²) >= 11 is 0.